The van der Waals surface area contributed by atoms with Crippen molar-refractivity contribution in [3.05, 3.63) is 124 Å². The van der Waals surface area contributed by atoms with Crippen LogP contribution in [-0.4, -0.2) is 22.6 Å². The molecule has 0 spiro atoms. The predicted molar refractivity (Wildman–Crippen MR) is 155 cm³/mol. The quantitative estimate of drug-likeness (QED) is 0.187. The molecule has 37 heavy (non-hydrogen) atoms. The lowest BCUT2D eigenvalue weighted by Gasteiger charge is -2.19. The second kappa shape index (κ2) is 11.7. The Hall–Kier alpha value is -3.46. The first-order valence-electron chi connectivity index (χ1n) is 11.5. The van der Waals surface area contributed by atoms with E-state index in [0.717, 1.165) is 30.2 Å². The number of aromatic nitrogens is 1. The minimum Gasteiger partial charge on any atom is -0.344 e. The van der Waals surface area contributed by atoms with Crippen LogP contribution in [0.25, 0.3) is 10.2 Å². The predicted octanol–water partition coefficient (Wildman–Crippen LogP) is 7.31. The van der Waals surface area contributed by atoms with Gasteiger partial charge in [-0.2, -0.15) is 0 Å². The van der Waals surface area contributed by atoms with Gasteiger partial charge in [-0.1, -0.05) is 88.4 Å². The molecule has 0 fully saturated rings. The van der Waals surface area contributed by atoms with Gasteiger partial charge in [-0.25, -0.2) is 4.98 Å². The maximum Gasteiger partial charge on any atom is 0.255 e. The Morgan fingerprint density at radius 2 is 1.51 bits per heavy atom. The van der Waals surface area contributed by atoms with Crippen molar-refractivity contribution < 1.29 is 9.59 Å². The molecule has 5 nitrogen and oxygen atoms in total. The van der Waals surface area contributed by atoms with Gasteiger partial charge in [0.15, 0.2) is 4.34 Å². The van der Waals surface area contributed by atoms with E-state index in [4.69, 9.17) is 0 Å². The highest BCUT2D eigenvalue weighted by molar-refractivity contribution is 9.10. The number of nitrogens with one attached hydrogen (secondary N) is 2. The van der Waals surface area contributed by atoms with Gasteiger partial charge in [-0.3, -0.25) is 9.59 Å². The van der Waals surface area contributed by atoms with Crippen LogP contribution in [0.1, 0.15) is 27.5 Å². The molecule has 0 aliphatic heterocycles. The molecule has 0 aliphatic rings. The van der Waals surface area contributed by atoms with E-state index in [1.807, 2.05) is 91.0 Å². The van der Waals surface area contributed by atoms with Gasteiger partial charge in [-0.15, -0.1) is 11.3 Å². The number of thiazole rings is 1. The van der Waals surface area contributed by atoms with Crippen molar-refractivity contribution in [2.24, 2.45) is 0 Å². The Morgan fingerprint density at radius 1 is 0.865 bits per heavy atom. The number of nitrogens with zero attached hydrogens (tertiary/aromatic N) is 1. The molecule has 0 saturated carbocycles. The van der Waals surface area contributed by atoms with E-state index < -0.39 is 0 Å². The number of carbonyl (C=O) groups is 2. The van der Waals surface area contributed by atoms with Crippen molar-refractivity contribution in [3.8, 4) is 0 Å². The van der Waals surface area contributed by atoms with Gasteiger partial charge in [0.1, 0.15) is 0 Å². The van der Waals surface area contributed by atoms with Crippen LogP contribution in [0.15, 0.2) is 112 Å². The summed E-state index contributed by atoms with van der Waals surface area (Å²) in [6.07, 6.45) is 0. The van der Waals surface area contributed by atoms with Gasteiger partial charge in [0.25, 0.3) is 5.91 Å². The van der Waals surface area contributed by atoms with E-state index in [1.165, 1.54) is 23.1 Å². The van der Waals surface area contributed by atoms with Gasteiger partial charge >= 0.3 is 0 Å². The second-order valence-corrected chi connectivity index (χ2v) is 11.4. The monoisotopic (exact) mass is 587 g/mol. The van der Waals surface area contributed by atoms with Crippen molar-refractivity contribution in [1.82, 2.24) is 10.3 Å². The average molecular weight is 589 g/mol. The van der Waals surface area contributed by atoms with Crippen LogP contribution >= 0.6 is 39.0 Å². The molecule has 0 saturated heterocycles. The summed E-state index contributed by atoms with van der Waals surface area (Å²) < 4.78 is 2.67. The van der Waals surface area contributed by atoms with Gasteiger partial charge < -0.3 is 10.6 Å². The summed E-state index contributed by atoms with van der Waals surface area (Å²) in [6, 6.07) is 32.5. The molecule has 0 aliphatic carbocycles. The Balaban J connectivity index is 1.23. The fourth-order valence-corrected chi connectivity index (χ4v) is 6.01. The maximum absolute atomic E-state index is 12.9. The third kappa shape index (κ3) is 6.46. The van der Waals surface area contributed by atoms with Crippen LogP contribution in [0.3, 0.4) is 0 Å². The van der Waals surface area contributed by atoms with Crippen LogP contribution in [0.4, 0.5) is 5.69 Å². The third-order valence-electron chi connectivity index (χ3n) is 5.63. The summed E-state index contributed by atoms with van der Waals surface area (Å²) in [5.41, 5.74) is 4.18. The molecule has 5 rings (SSSR count). The maximum atomic E-state index is 12.9. The molecule has 1 heterocycles. The lowest BCUT2D eigenvalue weighted by atomic mass is 9.99. The van der Waals surface area contributed by atoms with Crippen LogP contribution in [-0.2, 0) is 4.79 Å². The molecule has 4 aromatic carbocycles. The number of halogens is 1. The molecule has 2 N–H and O–H groups in total. The minimum absolute atomic E-state index is 0.0654. The largest absolute Gasteiger partial charge is 0.344 e. The molecular formula is C29H22BrN3O2S2. The highest BCUT2D eigenvalue weighted by Gasteiger charge is 2.17. The van der Waals surface area contributed by atoms with E-state index >= 15 is 0 Å². The molecule has 0 unspecified atom stereocenters. The molecule has 184 valence electrons. The third-order valence-corrected chi connectivity index (χ3v) is 8.32. The van der Waals surface area contributed by atoms with E-state index in [2.05, 4.69) is 31.5 Å². The summed E-state index contributed by atoms with van der Waals surface area (Å²) in [4.78, 5) is 30.1. The molecule has 5 aromatic rings. The van der Waals surface area contributed by atoms with Crippen LogP contribution in [0.5, 0.6) is 0 Å². The van der Waals surface area contributed by atoms with Crippen LogP contribution in [0.2, 0.25) is 0 Å². The molecule has 0 bridgehead atoms. The summed E-state index contributed by atoms with van der Waals surface area (Å²) in [7, 11) is 0. The van der Waals surface area contributed by atoms with E-state index in [1.54, 1.807) is 12.1 Å². The van der Waals surface area contributed by atoms with Gasteiger partial charge in [-0.05, 0) is 53.6 Å². The number of anilines is 1. The first-order valence-corrected chi connectivity index (χ1v) is 14.1. The Morgan fingerprint density at radius 3 is 2.16 bits per heavy atom. The highest BCUT2D eigenvalue weighted by atomic mass is 79.9. The summed E-state index contributed by atoms with van der Waals surface area (Å²) in [5, 5.41) is 6.11. The number of fused-ring (bicyclic) bond motifs is 1. The molecular weight excluding hydrogens is 566 g/mol. The van der Waals surface area contributed by atoms with E-state index in [0.29, 0.717) is 11.3 Å². The normalized spacial score (nSPS) is 11.0. The highest BCUT2D eigenvalue weighted by Crippen LogP contribution is 2.32. The number of thioether (sulfide) groups is 1. The summed E-state index contributed by atoms with van der Waals surface area (Å²) >= 11 is 6.29. The molecule has 0 atom stereocenters. The fraction of sp³-hybridized carbons (Fsp3) is 0.0690. The Bertz CT molecular complexity index is 1480. The number of benzene rings is 4. The lowest BCUT2D eigenvalue weighted by molar-refractivity contribution is -0.119. The van der Waals surface area contributed by atoms with Crippen LogP contribution in [0, 0.1) is 0 Å². The van der Waals surface area contributed by atoms with Crippen molar-refractivity contribution in [2.45, 2.75) is 10.4 Å². The zero-order chi connectivity index (χ0) is 25.6. The molecule has 0 radical (unpaired) electrons. The van der Waals surface area contributed by atoms with Gasteiger partial charge in [0.05, 0.1) is 22.0 Å². The molecule has 1 aromatic heterocycles. The zero-order valence-corrected chi connectivity index (χ0v) is 22.8. The zero-order valence-electron chi connectivity index (χ0n) is 19.6. The number of amides is 2. The summed E-state index contributed by atoms with van der Waals surface area (Å²) in [5.74, 6) is 0.0156. The van der Waals surface area contributed by atoms with Crippen molar-refractivity contribution in [2.75, 3.05) is 11.1 Å². The lowest BCUT2D eigenvalue weighted by Crippen LogP contribution is -2.30. The number of carbonyl (C=O) groups excluding carboxylic acids is 2. The fourth-order valence-electron chi connectivity index (χ4n) is 3.83. The smallest absolute Gasteiger partial charge is 0.255 e. The summed E-state index contributed by atoms with van der Waals surface area (Å²) in [6.45, 7) is 0. The van der Waals surface area contributed by atoms with Gasteiger partial charge in [0.2, 0.25) is 5.91 Å². The SMILES string of the molecule is O=C(CSc1nc2ccc(NC(=O)c3ccc(Br)cc3)cc2s1)NC(c1ccccc1)c1ccccc1. The van der Waals surface area contributed by atoms with Crippen molar-refractivity contribution >= 4 is 66.7 Å². The standard InChI is InChI=1S/C29H22BrN3O2S2/c30-22-13-11-21(12-14-22)28(35)31-23-15-16-24-25(17-23)37-29(32-24)36-18-26(34)33-27(19-7-3-1-4-8-19)20-9-5-2-6-10-20/h1-17,27H,18H2,(H,31,35)(H,33,34). The number of hydrogen-bond acceptors (Lipinski definition) is 5. The van der Waals surface area contributed by atoms with Crippen LogP contribution < -0.4 is 10.6 Å². The van der Waals surface area contributed by atoms with Crippen molar-refractivity contribution in [3.63, 3.8) is 0 Å². The number of hydrogen-bond donors (Lipinski definition) is 2. The number of rotatable bonds is 8. The van der Waals surface area contributed by atoms with E-state index in [-0.39, 0.29) is 23.6 Å². The topological polar surface area (TPSA) is 71.1 Å². The first-order chi connectivity index (χ1) is 18.0. The Kier molecular flexibility index (Phi) is 7.99. The van der Waals surface area contributed by atoms with Crippen molar-refractivity contribution in [1.29, 1.82) is 0 Å². The van der Waals surface area contributed by atoms with E-state index in [9.17, 15) is 9.59 Å². The Labute approximate surface area is 231 Å². The first kappa shape index (κ1) is 25.2. The average Bonchev–Trinajstić information content (AvgIpc) is 3.34. The molecule has 8 heteroatoms. The second-order valence-electron chi connectivity index (χ2n) is 8.23. The minimum atomic E-state index is -0.220. The molecule has 2 amide bonds. The van der Waals surface area contributed by atoms with Gasteiger partial charge in [0, 0.05) is 15.7 Å².